The molecule has 3 rings (SSSR count). The lowest BCUT2D eigenvalue weighted by atomic mass is 9.96. The molecule has 0 aliphatic heterocycles. The molecule has 1 aliphatic carbocycles. The Hall–Kier alpha value is -1.35. The number of guanidine groups is 1. The Morgan fingerprint density at radius 2 is 2.08 bits per heavy atom. The van der Waals surface area contributed by atoms with Crippen LogP contribution in [0.3, 0.4) is 0 Å². The van der Waals surface area contributed by atoms with Gasteiger partial charge in [-0.2, -0.15) is 0 Å². The molecule has 1 heterocycles. The number of aromatic nitrogens is 1. The third-order valence-corrected chi connectivity index (χ3v) is 5.09. The Morgan fingerprint density at radius 3 is 2.73 bits per heavy atom. The Morgan fingerprint density at radius 1 is 1.27 bits per heavy atom. The van der Waals surface area contributed by atoms with Crippen molar-refractivity contribution < 1.29 is 4.74 Å². The van der Waals surface area contributed by atoms with Crippen LogP contribution in [0.25, 0.3) is 0 Å². The number of methoxy groups -OCH3 is 1. The van der Waals surface area contributed by atoms with E-state index in [0.717, 1.165) is 22.5 Å². The smallest absolute Gasteiger partial charge is 0.218 e. The van der Waals surface area contributed by atoms with Crippen molar-refractivity contribution in [1.82, 2.24) is 15.6 Å². The summed E-state index contributed by atoms with van der Waals surface area (Å²) in [6.07, 6.45) is 4.12. The van der Waals surface area contributed by atoms with Gasteiger partial charge in [-0.25, -0.2) is 4.98 Å². The van der Waals surface area contributed by atoms with Crippen LogP contribution < -0.4 is 15.4 Å². The Labute approximate surface area is 180 Å². The first-order valence-corrected chi connectivity index (χ1v) is 9.15. The third-order valence-electron chi connectivity index (χ3n) is 4.60. The van der Waals surface area contributed by atoms with Crippen molar-refractivity contribution >= 4 is 45.9 Å². The Bertz CT molecular complexity index is 765. The van der Waals surface area contributed by atoms with Crippen molar-refractivity contribution in [2.75, 3.05) is 20.7 Å². The van der Waals surface area contributed by atoms with Crippen LogP contribution in [0.5, 0.6) is 5.88 Å². The third kappa shape index (κ3) is 5.09. The van der Waals surface area contributed by atoms with Crippen molar-refractivity contribution in [2.45, 2.75) is 24.8 Å². The van der Waals surface area contributed by atoms with Gasteiger partial charge < -0.3 is 15.4 Å². The van der Waals surface area contributed by atoms with Crippen LogP contribution in [0.1, 0.15) is 24.0 Å². The molecule has 1 aromatic heterocycles. The predicted molar refractivity (Wildman–Crippen MR) is 119 cm³/mol. The highest BCUT2D eigenvalue weighted by atomic mass is 127. The molecule has 2 N–H and O–H groups in total. The molecule has 0 bridgehead atoms. The summed E-state index contributed by atoms with van der Waals surface area (Å²) in [4.78, 5) is 8.54. The summed E-state index contributed by atoms with van der Waals surface area (Å²) in [6, 6.07) is 12.5. The van der Waals surface area contributed by atoms with Gasteiger partial charge in [-0.15, -0.1) is 24.0 Å². The molecule has 1 fully saturated rings. The maximum atomic E-state index is 5.29. The summed E-state index contributed by atoms with van der Waals surface area (Å²) >= 11 is 3.57. The lowest BCUT2D eigenvalue weighted by Crippen LogP contribution is -2.41. The minimum absolute atomic E-state index is 0. The number of ether oxygens (including phenoxy) is 1. The number of pyridine rings is 1. The number of nitrogens with one attached hydrogen (secondary N) is 2. The fourth-order valence-corrected chi connectivity index (χ4v) is 3.33. The van der Waals surface area contributed by atoms with E-state index in [0.29, 0.717) is 12.4 Å². The molecule has 0 amide bonds. The number of aliphatic imine (C=N–C) groups is 1. The lowest BCUT2D eigenvalue weighted by Gasteiger charge is -2.19. The normalized spacial score (nSPS) is 15.0. The first-order valence-electron chi connectivity index (χ1n) is 8.35. The number of hydrogen-bond acceptors (Lipinski definition) is 3. The van der Waals surface area contributed by atoms with Crippen molar-refractivity contribution in [3.8, 4) is 5.88 Å². The number of benzene rings is 1. The van der Waals surface area contributed by atoms with E-state index in [2.05, 4.69) is 60.8 Å². The van der Waals surface area contributed by atoms with Crippen LogP contribution >= 0.6 is 39.9 Å². The highest BCUT2D eigenvalue weighted by molar-refractivity contribution is 14.0. The van der Waals surface area contributed by atoms with Crippen LogP contribution in [-0.4, -0.2) is 31.6 Å². The molecular formula is C19H24BrIN4O. The molecule has 26 heavy (non-hydrogen) atoms. The van der Waals surface area contributed by atoms with Gasteiger partial charge in [0.2, 0.25) is 5.88 Å². The standard InChI is InChI=1S/C19H23BrN4O.HI/c1-21-18(23-12-14-5-4-10-22-17(14)25-2)24-13-19(8-9-19)15-6-3-7-16(20)11-15;/h3-7,10-11H,8-9,12-13H2,1-2H3,(H2,21,23,24);1H. The first kappa shape index (κ1) is 21.0. The van der Waals surface area contributed by atoms with Gasteiger partial charge in [-0.3, -0.25) is 4.99 Å². The lowest BCUT2D eigenvalue weighted by molar-refractivity contribution is 0.392. The molecule has 5 nitrogen and oxygen atoms in total. The summed E-state index contributed by atoms with van der Waals surface area (Å²) in [5.74, 6) is 1.42. The number of halogens is 2. The molecule has 0 unspecified atom stereocenters. The van der Waals surface area contributed by atoms with E-state index in [-0.39, 0.29) is 29.4 Å². The SMILES string of the molecule is CN=C(NCc1cccnc1OC)NCC1(c2cccc(Br)c2)CC1.I. The molecule has 0 spiro atoms. The van der Waals surface area contributed by atoms with Gasteiger partial charge in [0.15, 0.2) is 5.96 Å². The molecule has 1 saturated carbocycles. The van der Waals surface area contributed by atoms with Gasteiger partial charge in [0, 0.05) is 41.8 Å². The molecule has 0 atom stereocenters. The monoisotopic (exact) mass is 530 g/mol. The molecular weight excluding hydrogens is 507 g/mol. The van der Waals surface area contributed by atoms with Crippen molar-refractivity contribution in [1.29, 1.82) is 0 Å². The van der Waals surface area contributed by atoms with Crippen LogP contribution in [-0.2, 0) is 12.0 Å². The zero-order valence-electron chi connectivity index (χ0n) is 15.0. The van der Waals surface area contributed by atoms with Crippen molar-refractivity contribution in [3.05, 3.63) is 58.2 Å². The average molecular weight is 531 g/mol. The van der Waals surface area contributed by atoms with Crippen LogP contribution in [0, 0.1) is 0 Å². The first-order chi connectivity index (χ1) is 12.2. The van der Waals surface area contributed by atoms with E-state index in [1.54, 1.807) is 20.4 Å². The zero-order valence-corrected chi connectivity index (χ0v) is 18.9. The molecule has 1 aliphatic rings. The fraction of sp³-hybridized carbons (Fsp3) is 0.368. The summed E-state index contributed by atoms with van der Waals surface area (Å²) in [5.41, 5.74) is 2.59. The van der Waals surface area contributed by atoms with Crippen molar-refractivity contribution in [2.24, 2.45) is 4.99 Å². The number of rotatable bonds is 6. The summed E-state index contributed by atoms with van der Waals surface area (Å²) in [7, 11) is 3.42. The van der Waals surface area contributed by atoms with Crippen molar-refractivity contribution in [3.63, 3.8) is 0 Å². The molecule has 0 radical (unpaired) electrons. The largest absolute Gasteiger partial charge is 0.481 e. The summed E-state index contributed by atoms with van der Waals surface area (Å²) in [5, 5.41) is 6.79. The topological polar surface area (TPSA) is 58.5 Å². The van der Waals surface area contributed by atoms with E-state index in [9.17, 15) is 0 Å². The molecule has 0 saturated heterocycles. The Balaban J connectivity index is 0.00000243. The van der Waals surface area contributed by atoms with Gasteiger partial charge in [-0.05, 0) is 36.6 Å². The van der Waals surface area contributed by atoms with Gasteiger partial charge in [0.1, 0.15) is 0 Å². The molecule has 1 aromatic carbocycles. The minimum atomic E-state index is 0. The van der Waals surface area contributed by atoms with E-state index >= 15 is 0 Å². The predicted octanol–water partition coefficient (Wildman–Crippen LogP) is 3.87. The zero-order chi connectivity index (χ0) is 17.7. The number of hydrogen-bond donors (Lipinski definition) is 2. The van der Waals surface area contributed by atoms with Gasteiger partial charge in [0.25, 0.3) is 0 Å². The Kier molecular flexibility index (Phi) is 7.69. The van der Waals surface area contributed by atoms with E-state index in [1.807, 2.05) is 12.1 Å². The average Bonchev–Trinajstić information content (AvgIpc) is 3.43. The second-order valence-electron chi connectivity index (χ2n) is 6.24. The number of nitrogens with zero attached hydrogens (tertiary/aromatic N) is 2. The maximum Gasteiger partial charge on any atom is 0.218 e. The fourth-order valence-electron chi connectivity index (χ4n) is 2.93. The minimum Gasteiger partial charge on any atom is -0.481 e. The van der Waals surface area contributed by atoms with Crippen LogP contribution in [0.15, 0.2) is 52.1 Å². The molecule has 140 valence electrons. The van der Waals surface area contributed by atoms with Gasteiger partial charge in [0.05, 0.1) is 7.11 Å². The van der Waals surface area contributed by atoms with Gasteiger partial charge >= 0.3 is 0 Å². The summed E-state index contributed by atoms with van der Waals surface area (Å²) < 4.78 is 6.42. The highest BCUT2D eigenvalue weighted by Gasteiger charge is 2.44. The van der Waals surface area contributed by atoms with Crippen LogP contribution in [0.2, 0.25) is 0 Å². The molecule has 2 aromatic rings. The quantitative estimate of drug-likeness (QED) is 0.338. The van der Waals surface area contributed by atoms with E-state index < -0.39 is 0 Å². The highest BCUT2D eigenvalue weighted by Crippen LogP contribution is 2.48. The van der Waals surface area contributed by atoms with E-state index in [4.69, 9.17) is 4.74 Å². The van der Waals surface area contributed by atoms with Crippen LogP contribution in [0.4, 0.5) is 0 Å². The second-order valence-corrected chi connectivity index (χ2v) is 7.16. The maximum absolute atomic E-state index is 5.29. The summed E-state index contributed by atoms with van der Waals surface area (Å²) in [6.45, 7) is 1.48. The molecule has 7 heteroatoms. The second kappa shape index (κ2) is 9.55. The van der Waals surface area contributed by atoms with E-state index in [1.165, 1.54) is 18.4 Å². The van der Waals surface area contributed by atoms with Gasteiger partial charge in [-0.1, -0.05) is 34.1 Å².